The molecule has 0 unspecified atom stereocenters. The van der Waals surface area contributed by atoms with E-state index in [4.69, 9.17) is 0 Å². The normalized spacial score (nSPS) is 22.8. The zero-order valence-corrected chi connectivity index (χ0v) is 10.6. The highest BCUT2D eigenvalue weighted by atomic mass is 16.3. The van der Waals surface area contributed by atoms with Gasteiger partial charge in [0, 0.05) is 19.0 Å². The van der Waals surface area contributed by atoms with Crippen molar-refractivity contribution in [2.75, 3.05) is 18.5 Å². The maximum absolute atomic E-state index is 9.31. The number of hydrogen-bond acceptors (Lipinski definition) is 3. The Balaban J connectivity index is 1.76. The Morgan fingerprint density at radius 3 is 2.78 bits per heavy atom. The predicted molar refractivity (Wildman–Crippen MR) is 73.7 cm³/mol. The van der Waals surface area contributed by atoms with E-state index in [2.05, 4.69) is 35.1 Å². The zero-order valence-electron chi connectivity index (χ0n) is 10.6. The van der Waals surface area contributed by atoms with E-state index in [0.29, 0.717) is 5.92 Å². The van der Waals surface area contributed by atoms with Crippen molar-refractivity contribution in [3.8, 4) is 0 Å². The highest BCUT2D eigenvalue weighted by molar-refractivity contribution is 5.80. The first-order valence-corrected chi connectivity index (χ1v) is 6.47. The Hall–Kier alpha value is -1.61. The lowest BCUT2D eigenvalue weighted by molar-refractivity contribution is 0.0464. The van der Waals surface area contributed by atoms with E-state index in [0.717, 1.165) is 30.7 Å². The van der Waals surface area contributed by atoms with E-state index in [1.54, 1.807) is 0 Å². The summed E-state index contributed by atoms with van der Waals surface area (Å²) in [6.45, 7) is 0.975. The van der Waals surface area contributed by atoms with Crippen LogP contribution >= 0.6 is 0 Å². The molecule has 3 nitrogen and oxygen atoms in total. The summed E-state index contributed by atoms with van der Waals surface area (Å²) in [5.74, 6) is 1.62. The number of rotatable bonds is 3. The van der Waals surface area contributed by atoms with Gasteiger partial charge in [0.05, 0.1) is 11.6 Å². The molecule has 1 saturated carbocycles. The molecule has 0 aliphatic heterocycles. The van der Waals surface area contributed by atoms with Crippen LogP contribution in [0.2, 0.25) is 0 Å². The fraction of sp³-hybridized carbons (Fsp3) is 0.400. The van der Waals surface area contributed by atoms with Crippen molar-refractivity contribution >= 4 is 16.7 Å². The first-order valence-electron chi connectivity index (χ1n) is 6.47. The van der Waals surface area contributed by atoms with Crippen LogP contribution in [0.4, 0.5) is 5.82 Å². The minimum absolute atomic E-state index is 0.0760. The third kappa shape index (κ3) is 2.18. The van der Waals surface area contributed by atoms with Crippen LogP contribution in [0, 0.1) is 5.92 Å². The molecule has 0 bridgehead atoms. The van der Waals surface area contributed by atoms with Crippen molar-refractivity contribution in [3.05, 3.63) is 36.4 Å². The lowest BCUT2D eigenvalue weighted by Gasteiger charge is -2.34. The third-order valence-electron chi connectivity index (χ3n) is 3.72. The lowest BCUT2D eigenvalue weighted by Crippen LogP contribution is -2.37. The van der Waals surface area contributed by atoms with Crippen LogP contribution in [0.15, 0.2) is 36.4 Å². The fourth-order valence-corrected chi connectivity index (χ4v) is 2.60. The van der Waals surface area contributed by atoms with E-state index < -0.39 is 0 Å². The molecule has 2 aromatic rings. The van der Waals surface area contributed by atoms with Gasteiger partial charge in [-0.05, 0) is 37.0 Å². The molecular formula is C15H18N2O. The number of para-hydroxylation sites is 1. The first kappa shape index (κ1) is 11.5. The van der Waals surface area contributed by atoms with Gasteiger partial charge in [0.2, 0.25) is 0 Å². The number of hydrogen-bond donors (Lipinski definition) is 1. The number of fused-ring (bicyclic) bond motifs is 1. The molecule has 18 heavy (non-hydrogen) atoms. The largest absolute Gasteiger partial charge is 0.393 e. The van der Waals surface area contributed by atoms with Gasteiger partial charge in [-0.3, -0.25) is 0 Å². The summed E-state index contributed by atoms with van der Waals surface area (Å²) in [4.78, 5) is 6.85. The van der Waals surface area contributed by atoms with Crippen molar-refractivity contribution in [2.24, 2.45) is 5.92 Å². The van der Waals surface area contributed by atoms with Gasteiger partial charge >= 0.3 is 0 Å². The second-order valence-corrected chi connectivity index (χ2v) is 5.23. The molecule has 1 N–H and O–H groups in total. The zero-order chi connectivity index (χ0) is 12.5. The van der Waals surface area contributed by atoms with Crippen molar-refractivity contribution in [3.63, 3.8) is 0 Å². The number of pyridine rings is 1. The topological polar surface area (TPSA) is 36.4 Å². The molecule has 3 heteroatoms. The van der Waals surface area contributed by atoms with Gasteiger partial charge in [-0.25, -0.2) is 4.98 Å². The summed E-state index contributed by atoms with van der Waals surface area (Å²) in [6, 6.07) is 12.3. The van der Waals surface area contributed by atoms with Crippen molar-refractivity contribution in [1.82, 2.24) is 4.98 Å². The number of nitrogens with zero attached hydrogens (tertiary/aromatic N) is 2. The van der Waals surface area contributed by atoms with Gasteiger partial charge in [0.25, 0.3) is 0 Å². The molecule has 0 amide bonds. The molecular weight excluding hydrogens is 224 g/mol. The van der Waals surface area contributed by atoms with E-state index >= 15 is 0 Å². The Bertz CT molecular complexity index is 549. The smallest absolute Gasteiger partial charge is 0.128 e. The van der Waals surface area contributed by atoms with Crippen LogP contribution in [0.1, 0.15) is 12.8 Å². The van der Waals surface area contributed by atoms with E-state index in [1.807, 2.05) is 18.2 Å². The summed E-state index contributed by atoms with van der Waals surface area (Å²) in [5.41, 5.74) is 1.04. The van der Waals surface area contributed by atoms with Crippen LogP contribution < -0.4 is 4.90 Å². The third-order valence-corrected chi connectivity index (χ3v) is 3.72. The van der Waals surface area contributed by atoms with E-state index in [-0.39, 0.29) is 6.10 Å². The molecule has 1 aliphatic rings. The van der Waals surface area contributed by atoms with Gasteiger partial charge in [-0.2, -0.15) is 0 Å². The Morgan fingerprint density at radius 1 is 1.22 bits per heavy atom. The highest BCUT2D eigenvalue weighted by Gasteiger charge is 2.28. The lowest BCUT2D eigenvalue weighted by atomic mass is 9.82. The molecule has 0 saturated heterocycles. The van der Waals surface area contributed by atoms with Crippen molar-refractivity contribution < 1.29 is 5.11 Å². The molecule has 0 spiro atoms. The van der Waals surface area contributed by atoms with Crippen LogP contribution in [0.5, 0.6) is 0 Å². The molecule has 1 heterocycles. The second-order valence-electron chi connectivity index (χ2n) is 5.23. The molecule has 94 valence electrons. The SMILES string of the molecule is CN(CC1CC(O)C1)c1ccc2ccccc2n1. The number of benzene rings is 1. The van der Waals surface area contributed by atoms with Gasteiger partial charge in [-0.1, -0.05) is 18.2 Å². The number of aliphatic hydroxyl groups is 1. The average molecular weight is 242 g/mol. The van der Waals surface area contributed by atoms with Crippen molar-refractivity contribution in [2.45, 2.75) is 18.9 Å². The van der Waals surface area contributed by atoms with Gasteiger partial charge < -0.3 is 10.0 Å². The average Bonchev–Trinajstić information content (AvgIpc) is 2.36. The predicted octanol–water partition coefficient (Wildman–Crippen LogP) is 2.44. The number of aliphatic hydroxyl groups excluding tert-OH is 1. The number of aromatic nitrogens is 1. The maximum atomic E-state index is 9.31. The maximum Gasteiger partial charge on any atom is 0.128 e. The Morgan fingerprint density at radius 2 is 2.00 bits per heavy atom. The molecule has 1 aliphatic carbocycles. The van der Waals surface area contributed by atoms with Gasteiger partial charge in [0.15, 0.2) is 0 Å². The summed E-state index contributed by atoms with van der Waals surface area (Å²) in [5, 5.41) is 10.5. The van der Waals surface area contributed by atoms with Gasteiger partial charge in [-0.15, -0.1) is 0 Å². The number of anilines is 1. The van der Waals surface area contributed by atoms with Crippen LogP contribution in [-0.2, 0) is 0 Å². The molecule has 1 aromatic heterocycles. The minimum atomic E-state index is -0.0760. The summed E-state index contributed by atoms with van der Waals surface area (Å²) >= 11 is 0. The van der Waals surface area contributed by atoms with E-state index in [9.17, 15) is 5.11 Å². The summed E-state index contributed by atoms with van der Waals surface area (Å²) < 4.78 is 0. The Labute approximate surface area is 107 Å². The monoisotopic (exact) mass is 242 g/mol. The second kappa shape index (κ2) is 4.58. The summed E-state index contributed by atoms with van der Waals surface area (Å²) in [7, 11) is 2.07. The molecule has 1 fully saturated rings. The quantitative estimate of drug-likeness (QED) is 0.898. The van der Waals surface area contributed by atoms with E-state index in [1.165, 1.54) is 5.39 Å². The van der Waals surface area contributed by atoms with Crippen LogP contribution in [0.3, 0.4) is 0 Å². The van der Waals surface area contributed by atoms with Gasteiger partial charge in [0.1, 0.15) is 5.82 Å². The molecule has 0 radical (unpaired) electrons. The van der Waals surface area contributed by atoms with Crippen LogP contribution in [0.25, 0.3) is 10.9 Å². The molecule has 0 atom stereocenters. The molecule has 3 rings (SSSR count). The van der Waals surface area contributed by atoms with Crippen molar-refractivity contribution in [1.29, 1.82) is 0 Å². The first-order chi connectivity index (χ1) is 8.72. The summed E-state index contributed by atoms with van der Waals surface area (Å²) in [6.07, 6.45) is 1.78. The fourth-order valence-electron chi connectivity index (χ4n) is 2.60. The minimum Gasteiger partial charge on any atom is -0.393 e. The standard InChI is InChI=1S/C15H18N2O/c1-17(10-11-8-13(18)9-11)15-7-6-12-4-2-3-5-14(12)16-15/h2-7,11,13,18H,8-10H2,1H3. The molecule has 1 aromatic carbocycles. The van der Waals surface area contributed by atoms with Crippen LogP contribution in [-0.4, -0.2) is 29.8 Å². The highest BCUT2D eigenvalue weighted by Crippen LogP contribution is 2.29. The Kier molecular flexibility index (Phi) is 2.92.